The summed E-state index contributed by atoms with van der Waals surface area (Å²) in [7, 11) is 2.11. The van der Waals surface area contributed by atoms with Crippen molar-refractivity contribution in [3.63, 3.8) is 0 Å². The Bertz CT molecular complexity index is 801. The van der Waals surface area contributed by atoms with E-state index in [0.717, 1.165) is 37.6 Å². The Morgan fingerprint density at radius 2 is 1.93 bits per heavy atom. The molecule has 1 N–H and O–H groups in total. The number of pyridine rings is 1. The summed E-state index contributed by atoms with van der Waals surface area (Å²) in [6, 6.07) is 10.2. The molecule has 1 aromatic carbocycles. The lowest BCUT2D eigenvalue weighted by Crippen LogP contribution is -2.44. The van der Waals surface area contributed by atoms with E-state index in [1.54, 1.807) is 24.4 Å². The second kappa shape index (κ2) is 8.59. The molecule has 142 valence electrons. The third kappa shape index (κ3) is 5.01. The van der Waals surface area contributed by atoms with E-state index >= 15 is 0 Å². The van der Waals surface area contributed by atoms with Gasteiger partial charge < -0.3 is 15.1 Å². The zero-order valence-corrected chi connectivity index (χ0v) is 15.3. The third-order valence-electron chi connectivity index (χ3n) is 4.67. The summed E-state index contributed by atoms with van der Waals surface area (Å²) in [5.74, 6) is 0.686. The Kier molecular flexibility index (Phi) is 5.97. The fourth-order valence-corrected chi connectivity index (χ4v) is 3.02. The highest BCUT2D eigenvalue weighted by Gasteiger charge is 2.16. The van der Waals surface area contributed by atoms with Crippen LogP contribution in [0.4, 0.5) is 11.5 Å². The summed E-state index contributed by atoms with van der Waals surface area (Å²) in [5.41, 5.74) is 1.26. The highest BCUT2D eigenvalue weighted by molar-refractivity contribution is 5.79. The first kappa shape index (κ1) is 18.8. The summed E-state index contributed by atoms with van der Waals surface area (Å²) >= 11 is 0. The lowest BCUT2D eigenvalue weighted by atomic mass is 10.1. The van der Waals surface area contributed by atoms with Crippen molar-refractivity contribution in [2.75, 3.05) is 38.1 Å². The summed E-state index contributed by atoms with van der Waals surface area (Å²) in [6.07, 6.45) is 1.74. The van der Waals surface area contributed by atoms with E-state index in [-0.39, 0.29) is 18.0 Å². The van der Waals surface area contributed by atoms with Crippen LogP contribution in [0.3, 0.4) is 0 Å². The molecule has 1 fully saturated rings. The van der Waals surface area contributed by atoms with E-state index < -0.39 is 4.92 Å². The average molecular weight is 369 g/mol. The molecule has 3 rings (SSSR count). The maximum Gasteiger partial charge on any atom is 0.273 e. The maximum absolute atomic E-state index is 12.1. The van der Waals surface area contributed by atoms with Gasteiger partial charge >= 0.3 is 0 Å². The first-order chi connectivity index (χ1) is 13.0. The minimum atomic E-state index is -0.469. The molecule has 0 bridgehead atoms. The molecule has 8 nitrogen and oxygen atoms in total. The number of aromatic nitrogens is 1. The predicted molar refractivity (Wildman–Crippen MR) is 103 cm³/mol. The normalized spacial score (nSPS) is 14.8. The SMILES string of the molecule is CN1CCN(c2ccc(CNC(=O)Cc3ccccc3[N+](=O)[O-])cn2)CC1. The summed E-state index contributed by atoms with van der Waals surface area (Å²) in [5, 5.41) is 13.8. The topological polar surface area (TPSA) is 91.6 Å². The zero-order chi connectivity index (χ0) is 19.2. The largest absolute Gasteiger partial charge is 0.354 e. The Morgan fingerprint density at radius 3 is 2.59 bits per heavy atom. The van der Waals surface area contributed by atoms with Gasteiger partial charge in [-0.1, -0.05) is 24.3 Å². The van der Waals surface area contributed by atoms with Crippen molar-refractivity contribution in [1.29, 1.82) is 0 Å². The number of benzene rings is 1. The number of amides is 1. The van der Waals surface area contributed by atoms with Crippen LogP contribution in [0.1, 0.15) is 11.1 Å². The quantitative estimate of drug-likeness (QED) is 0.614. The summed E-state index contributed by atoms with van der Waals surface area (Å²) in [4.78, 5) is 31.7. The molecule has 2 heterocycles. The molecule has 27 heavy (non-hydrogen) atoms. The molecule has 1 saturated heterocycles. The van der Waals surface area contributed by atoms with E-state index in [9.17, 15) is 14.9 Å². The number of piperazine rings is 1. The standard InChI is InChI=1S/C19H23N5O3/c1-22-8-10-23(11-9-22)18-7-6-15(13-20-18)14-21-19(25)12-16-4-2-3-5-17(16)24(26)27/h2-7,13H,8-12,14H2,1H3,(H,21,25). The van der Waals surface area contributed by atoms with E-state index in [0.29, 0.717) is 12.1 Å². The molecule has 1 aliphatic heterocycles. The molecule has 2 aromatic rings. The zero-order valence-electron chi connectivity index (χ0n) is 15.3. The Hall–Kier alpha value is -3.00. The van der Waals surface area contributed by atoms with Gasteiger partial charge in [0.25, 0.3) is 5.69 Å². The highest BCUT2D eigenvalue weighted by atomic mass is 16.6. The molecule has 1 amide bonds. The van der Waals surface area contributed by atoms with Crippen LogP contribution >= 0.6 is 0 Å². The lowest BCUT2D eigenvalue weighted by Gasteiger charge is -2.33. The number of likely N-dealkylation sites (N-methyl/N-ethyl adjacent to an activating group) is 1. The molecule has 0 spiro atoms. The minimum absolute atomic E-state index is 0.0238. The third-order valence-corrected chi connectivity index (χ3v) is 4.67. The Balaban J connectivity index is 1.53. The molecule has 0 radical (unpaired) electrons. The van der Waals surface area contributed by atoms with Gasteiger partial charge in [-0.3, -0.25) is 14.9 Å². The van der Waals surface area contributed by atoms with Gasteiger partial charge in [0.1, 0.15) is 5.82 Å². The van der Waals surface area contributed by atoms with Crippen LogP contribution < -0.4 is 10.2 Å². The van der Waals surface area contributed by atoms with Gasteiger partial charge in [-0.05, 0) is 18.7 Å². The fourth-order valence-electron chi connectivity index (χ4n) is 3.02. The van der Waals surface area contributed by atoms with Crippen molar-refractivity contribution in [3.05, 3.63) is 63.8 Å². The fraction of sp³-hybridized carbons (Fsp3) is 0.368. The van der Waals surface area contributed by atoms with Crippen LogP contribution in [0.2, 0.25) is 0 Å². The molecule has 0 atom stereocenters. The monoisotopic (exact) mass is 369 g/mol. The Morgan fingerprint density at radius 1 is 1.19 bits per heavy atom. The van der Waals surface area contributed by atoms with Crippen LogP contribution in [0.5, 0.6) is 0 Å². The van der Waals surface area contributed by atoms with E-state index in [2.05, 4.69) is 27.1 Å². The Labute approximate surface area is 158 Å². The van der Waals surface area contributed by atoms with Crippen molar-refractivity contribution < 1.29 is 9.72 Å². The second-order valence-corrected chi connectivity index (χ2v) is 6.65. The number of carbonyl (C=O) groups excluding carboxylic acids is 1. The van der Waals surface area contributed by atoms with Crippen LogP contribution in [0.15, 0.2) is 42.6 Å². The number of para-hydroxylation sites is 1. The predicted octanol–water partition coefficient (Wildman–Crippen LogP) is 1.60. The summed E-state index contributed by atoms with van der Waals surface area (Å²) in [6.45, 7) is 4.29. The van der Waals surface area contributed by atoms with Crippen molar-refractivity contribution >= 4 is 17.4 Å². The number of hydrogen-bond acceptors (Lipinski definition) is 6. The first-order valence-corrected chi connectivity index (χ1v) is 8.90. The molecule has 8 heteroatoms. The maximum atomic E-state index is 12.1. The smallest absolute Gasteiger partial charge is 0.273 e. The first-order valence-electron chi connectivity index (χ1n) is 8.90. The second-order valence-electron chi connectivity index (χ2n) is 6.65. The molecule has 0 aliphatic carbocycles. The number of carbonyl (C=O) groups is 1. The van der Waals surface area contributed by atoms with Gasteiger partial charge in [-0.15, -0.1) is 0 Å². The van der Waals surface area contributed by atoms with E-state index in [1.165, 1.54) is 6.07 Å². The molecular weight excluding hydrogens is 346 g/mol. The van der Waals surface area contributed by atoms with Crippen molar-refractivity contribution in [2.45, 2.75) is 13.0 Å². The van der Waals surface area contributed by atoms with E-state index in [4.69, 9.17) is 0 Å². The number of nitro benzene ring substituents is 1. The van der Waals surface area contributed by atoms with Gasteiger partial charge in [-0.2, -0.15) is 0 Å². The van der Waals surface area contributed by atoms with Crippen LogP contribution in [0.25, 0.3) is 0 Å². The van der Waals surface area contributed by atoms with Crippen molar-refractivity contribution in [3.8, 4) is 0 Å². The van der Waals surface area contributed by atoms with Gasteiger partial charge in [-0.25, -0.2) is 4.98 Å². The summed E-state index contributed by atoms with van der Waals surface area (Å²) < 4.78 is 0. The number of nitro groups is 1. The molecule has 1 aromatic heterocycles. The highest BCUT2D eigenvalue weighted by Crippen LogP contribution is 2.18. The van der Waals surface area contributed by atoms with Crippen molar-refractivity contribution in [1.82, 2.24) is 15.2 Å². The lowest BCUT2D eigenvalue weighted by molar-refractivity contribution is -0.385. The van der Waals surface area contributed by atoms with Gasteiger partial charge in [0.15, 0.2) is 0 Å². The van der Waals surface area contributed by atoms with Gasteiger partial charge in [0, 0.05) is 50.6 Å². The average Bonchev–Trinajstić information content (AvgIpc) is 2.68. The number of nitrogens with one attached hydrogen (secondary N) is 1. The minimum Gasteiger partial charge on any atom is -0.354 e. The number of hydrogen-bond donors (Lipinski definition) is 1. The number of anilines is 1. The van der Waals surface area contributed by atoms with Gasteiger partial charge in [0.05, 0.1) is 11.3 Å². The molecule has 1 aliphatic rings. The molecular formula is C19H23N5O3. The number of nitrogens with zero attached hydrogens (tertiary/aromatic N) is 4. The molecule has 0 saturated carbocycles. The van der Waals surface area contributed by atoms with Crippen LogP contribution in [0, 0.1) is 10.1 Å². The van der Waals surface area contributed by atoms with E-state index in [1.807, 2.05) is 12.1 Å². The van der Waals surface area contributed by atoms with Crippen molar-refractivity contribution in [2.24, 2.45) is 0 Å². The van der Waals surface area contributed by atoms with Crippen LogP contribution in [-0.2, 0) is 17.8 Å². The number of rotatable bonds is 6. The molecule has 0 unspecified atom stereocenters. The van der Waals surface area contributed by atoms with Gasteiger partial charge in [0.2, 0.25) is 5.91 Å². The van der Waals surface area contributed by atoms with Crippen LogP contribution in [-0.4, -0.2) is 53.9 Å².